The Balaban J connectivity index is 1.54. The van der Waals surface area contributed by atoms with E-state index in [9.17, 15) is 4.79 Å². The third-order valence-corrected chi connectivity index (χ3v) is 5.57. The lowest BCUT2D eigenvalue weighted by atomic mass is 10.1. The van der Waals surface area contributed by atoms with Gasteiger partial charge in [-0.3, -0.25) is 4.79 Å². The average molecular weight is 487 g/mol. The lowest BCUT2D eigenvalue weighted by Crippen LogP contribution is -2.36. The van der Waals surface area contributed by atoms with Gasteiger partial charge in [-0.15, -0.1) is 0 Å². The maximum absolute atomic E-state index is 12.9. The standard InChI is InChI=1S/C22H22IN3O2/c1-16-14-18(25-10-12-28-13-11-25)7-8-20(16)24-22(27)21-6-3-9-26(21)19-5-2-4-17(23)15-19/h2-9,14-15H,10-13H2,1H3,(H,24,27). The van der Waals surface area contributed by atoms with E-state index in [2.05, 4.69) is 51.0 Å². The van der Waals surface area contributed by atoms with E-state index < -0.39 is 0 Å². The maximum Gasteiger partial charge on any atom is 0.272 e. The molecule has 1 fully saturated rings. The van der Waals surface area contributed by atoms with Crippen molar-refractivity contribution in [2.24, 2.45) is 0 Å². The Kier molecular flexibility index (Phi) is 5.68. The minimum Gasteiger partial charge on any atom is -0.378 e. The smallest absolute Gasteiger partial charge is 0.272 e. The molecule has 0 bridgehead atoms. The number of nitrogens with zero attached hydrogens (tertiary/aromatic N) is 2. The summed E-state index contributed by atoms with van der Waals surface area (Å²) in [5, 5.41) is 3.06. The van der Waals surface area contributed by atoms with Gasteiger partial charge >= 0.3 is 0 Å². The summed E-state index contributed by atoms with van der Waals surface area (Å²) in [7, 11) is 0. The predicted molar refractivity (Wildman–Crippen MR) is 121 cm³/mol. The van der Waals surface area contributed by atoms with E-state index in [-0.39, 0.29) is 5.91 Å². The largest absolute Gasteiger partial charge is 0.378 e. The van der Waals surface area contributed by atoms with E-state index in [1.807, 2.05) is 54.1 Å². The molecule has 0 radical (unpaired) electrons. The highest BCUT2D eigenvalue weighted by Crippen LogP contribution is 2.24. The second-order valence-electron chi connectivity index (χ2n) is 6.80. The average Bonchev–Trinajstić information content (AvgIpc) is 3.20. The predicted octanol–water partition coefficient (Wildman–Crippen LogP) is 4.48. The molecule has 1 aromatic heterocycles. The highest BCUT2D eigenvalue weighted by molar-refractivity contribution is 14.1. The van der Waals surface area contributed by atoms with Gasteiger partial charge < -0.3 is 19.5 Å². The molecule has 1 aliphatic rings. The Hall–Kier alpha value is -2.32. The Morgan fingerprint density at radius 2 is 1.86 bits per heavy atom. The molecule has 0 saturated carbocycles. The van der Waals surface area contributed by atoms with Crippen LogP contribution in [0.1, 0.15) is 16.1 Å². The van der Waals surface area contributed by atoms with Gasteiger partial charge in [0.2, 0.25) is 0 Å². The van der Waals surface area contributed by atoms with Crippen molar-refractivity contribution in [2.45, 2.75) is 6.92 Å². The lowest BCUT2D eigenvalue weighted by Gasteiger charge is -2.29. The van der Waals surface area contributed by atoms with Gasteiger partial charge in [0.1, 0.15) is 5.69 Å². The minimum atomic E-state index is -0.119. The number of hydrogen-bond acceptors (Lipinski definition) is 3. The quantitative estimate of drug-likeness (QED) is 0.553. The van der Waals surface area contributed by atoms with Gasteiger partial charge in [0, 0.05) is 39.9 Å². The Labute approximate surface area is 178 Å². The van der Waals surface area contributed by atoms with Gasteiger partial charge in [0.05, 0.1) is 13.2 Å². The molecule has 5 nitrogen and oxygen atoms in total. The molecule has 0 unspecified atom stereocenters. The molecule has 2 aromatic carbocycles. The second-order valence-corrected chi connectivity index (χ2v) is 8.04. The van der Waals surface area contributed by atoms with Crippen molar-refractivity contribution in [2.75, 3.05) is 36.5 Å². The van der Waals surface area contributed by atoms with E-state index in [1.54, 1.807) is 0 Å². The number of ether oxygens (including phenoxy) is 1. The zero-order chi connectivity index (χ0) is 19.5. The van der Waals surface area contributed by atoms with Gasteiger partial charge in [-0.25, -0.2) is 0 Å². The molecule has 1 N–H and O–H groups in total. The Morgan fingerprint density at radius 3 is 2.61 bits per heavy atom. The number of amides is 1. The van der Waals surface area contributed by atoms with E-state index in [0.717, 1.165) is 46.8 Å². The summed E-state index contributed by atoms with van der Waals surface area (Å²) >= 11 is 2.28. The van der Waals surface area contributed by atoms with Crippen molar-refractivity contribution < 1.29 is 9.53 Å². The number of benzene rings is 2. The molecule has 28 heavy (non-hydrogen) atoms. The van der Waals surface area contributed by atoms with Crippen LogP contribution in [0.2, 0.25) is 0 Å². The zero-order valence-electron chi connectivity index (χ0n) is 15.7. The van der Waals surface area contributed by atoms with Crippen LogP contribution in [-0.4, -0.2) is 36.8 Å². The fourth-order valence-electron chi connectivity index (χ4n) is 3.41. The number of anilines is 2. The summed E-state index contributed by atoms with van der Waals surface area (Å²) in [5.74, 6) is -0.119. The number of nitrogens with one attached hydrogen (secondary N) is 1. The molecule has 0 spiro atoms. The Morgan fingerprint density at radius 1 is 1.04 bits per heavy atom. The van der Waals surface area contributed by atoms with Gasteiger partial charge in [0.15, 0.2) is 0 Å². The molecular formula is C22H22IN3O2. The van der Waals surface area contributed by atoms with Crippen molar-refractivity contribution in [3.63, 3.8) is 0 Å². The van der Waals surface area contributed by atoms with Crippen LogP contribution >= 0.6 is 22.6 Å². The Bertz CT molecular complexity index is 993. The molecule has 6 heteroatoms. The molecule has 0 aliphatic carbocycles. The van der Waals surface area contributed by atoms with Crippen molar-refractivity contribution in [3.05, 3.63) is 75.6 Å². The van der Waals surface area contributed by atoms with Crippen LogP contribution in [-0.2, 0) is 4.74 Å². The van der Waals surface area contributed by atoms with Crippen molar-refractivity contribution in [1.29, 1.82) is 0 Å². The number of rotatable bonds is 4. The first-order chi connectivity index (χ1) is 13.6. The molecule has 4 rings (SSSR count). The first-order valence-electron chi connectivity index (χ1n) is 9.30. The fourth-order valence-corrected chi connectivity index (χ4v) is 3.94. The van der Waals surface area contributed by atoms with Crippen molar-refractivity contribution in [3.8, 4) is 5.69 Å². The summed E-state index contributed by atoms with van der Waals surface area (Å²) in [5.41, 5.74) is 4.63. The minimum absolute atomic E-state index is 0.119. The topological polar surface area (TPSA) is 46.5 Å². The van der Waals surface area contributed by atoms with Crippen molar-refractivity contribution in [1.82, 2.24) is 4.57 Å². The summed E-state index contributed by atoms with van der Waals surface area (Å²) in [6.07, 6.45) is 1.91. The molecule has 1 saturated heterocycles. The van der Waals surface area contributed by atoms with Gasteiger partial charge in [-0.2, -0.15) is 0 Å². The van der Waals surface area contributed by atoms with Crippen LogP contribution in [0.5, 0.6) is 0 Å². The fraction of sp³-hybridized carbons (Fsp3) is 0.227. The van der Waals surface area contributed by atoms with Gasteiger partial charge in [-0.05, 0) is 83.6 Å². The van der Waals surface area contributed by atoms with E-state index in [1.165, 1.54) is 5.69 Å². The normalized spacial score (nSPS) is 14.1. The number of halogens is 1. The summed E-state index contributed by atoms with van der Waals surface area (Å²) < 4.78 is 8.46. The monoisotopic (exact) mass is 487 g/mol. The molecular weight excluding hydrogens is 465 g/mol. The molecule has 2 heterocycles. The van der Waals surface area contributed by atoms with Gasteiger partial charge in [0.25, 0.3) is 5.91 Å². The summed E-state index contributed by atoms with van der Waals surface area (Å²) in [4.78, 5) is 15.2. The van der Waals surface area contributed by atoms with Crippen LogP contribution in [0.3, 0.4) is 0 Å². The highest BCUT2D eigenvalue weighted by Gasteiger charge is 2.15. The molecule has 144 valence electrons. The number of morpholine rings is 1. The van der Waals surface area contributed by atoms with E-state index >= 15 is 0 Å². The maximum atomic E-state index is 12.9. The number of aromatic nitrogens is 1. The number of carbonyl (C=O) groups is 1. The van der Waals surface area contributed by atoms with E-state index in [0.29, 0.717) is 5.69 Å². The number of aryl methyl sites for hydroxylation is 1. The van der Waals surface area contributed by atoms with Crippen molar-refractivity contribution >= 4 is 39.9 Å². The number of hydrogen-bond donors (Lipinski definition) is 1. The SMILES string of the molecule is Cc1cc(N2CCOCC2)ccc1NC(=O)c1cccn1-c1cccc(I)c1. The van der Waals surface area contributed by atoms with Crippen LogP contribution in [0, 0.1) is 10.5 Å². The molecule has 1 aliphatic heterocycles. The van der Waals surface area contributed by atoms with E-state index in [4.69, 9.17) is 4.74 Å². The zero-order valence-corrected chi connectivity index (χ0v) is 17.8. The van der Waals surface area contributed by atoms with Crippen LogP contribution in [0.15, 0.2) is 60.8 Å². The van der Waals surface area contributed by atoms with Gasteiger partial charge in [-0.1, -0.05) is 6.07 Å². The first kappa shape index (κ1) is 19.0. The highest BCUT2D eigenvalue weighted by atomic mass is 127. The third-order valence-electron chi connectivity index (χ3n) is 4.90. The van der Waals surface area contributed by atoms with Crippen LogP contribution in [0.4, 0.5) is 11.4 Å². The summed E-state index contributed by atoms with van der Waals surface area (Å²) in [6.45, 7) is 5.33. The second kappa shape index (κ2) is 8.36. The number of carbonyl (C=O) groups excluding carboxylic acids is 1. The van der Waals surface area contributed by atoms with Crippen LogP contribution < -0.4 is 10.2 Å². The molecule has 0 atom stereocenters. The van der Waals surface area contributed by atoms with Crippen LogP contribution in [0.25, 0.3) is 5.69 Å². The first-order valence-corrected chi connectivity index (χ1v) is 10.4. The lowest BCUT2D eigenvalue weighted by molar-refractivity contribution is 0.102. The summed E-state index contributed by atoms with van der Waals surface area (Å²) in [6, 6.07) is 18.0. The molecule has 3 aromatic rings. The third kappa shape index (κ3) is 4.07. The molecule has 1 amide bonds.